The molecular weight excluding hydrogens is 443 g/mol. The summed E-state index contributed by atoms with van der Waals surface area (Å²) >= 11 is 0. The quantitative estimate of drug-likeness (QED) is 0.287. The van der Waals surface area contributed by atoms with Crippen LogP contribution in [0.1, 0.15) is 33.6 Å². The van der Waals surface area contributed by atoms with Gasteiger partial charge in [-0.25, -0.2) is 4.99 Å². The SMILES string of the molecule is CCNC(=NCCOc1cccc(NC(C)=O)c1)N1CCC(C)CC1.I. The fourth-order valence-electron chi connectivity index (χ4n) is 2.83. The number of carbonyl (C=O) groups is 1. The number of ether oxygens (including phenoxy) is 1. The molecule has 2 N–H and O–H groups in total. The molecule has 1 aromatic carbocycles. The lowest BCUT2D eigenvalue weighted by molar-refractivity contribution is -0.114. The summed E-state index contributed by atoms with van der Waals surface area (Å²) in [6.07, 6.45) is 2.44. The Labute approximate surface area is 173 Å². The first-order chi connectivity index (χ1) is 12.1. The van der Waals surface area contributed by atoms with E-state index >= 15 is 0 Å². The number of nitrogens with one attached hydrogen (secondary N) is 2. The van der Waals surface area contributed by atoms with E-state index in [1.165, 1.54) is 19.8 Å². The number of hydrogen-bond acceptors (Lipinski definition) is 3. The van der Waals surface area contributed by atoms with E-state index in [0.717, 1.165) is 42.9 Å². The van der Waals surface area contributed by atoms with Crippen LogP contribution in [0.15, 0.2) is 29.3 Å². The third-order valence-electron chi connectivity index (χ3n) is 4.19. The first-order valence-electron chi connectivity index (χ1n) is 9.12. The number of aliphatic imine (C=N–C) groups is 1. The van der Waals surface area contributed by atoms with E-state index in [2.05, 4.69) is 34.4 Å². The molecule has 1 aliphatic heterocycles. The number of rotatable bonds is 6. The van der Waals surface area contributed by atoms with Crippen LogP contribution in [0.25, 0.3) is 0 Å². The summed E-state index contributed by atoms with van der Waals surface area (Å²) in [5.74, 6) is 2.43. The van der Waals surface area contributed by atoms with E-state index in [1.807, 2.05) is 24.3 Å². The normalized spacial score (nSPS) is 15.2. The highest BCUT2D eigenvalue weighted by Crippen LogP contribution is 2.17. The molecular formula is C19H31IN4O2. The van der Waals surface area contributed by atoms with Crippen LogP contribution in [0.2, 0.25) is 0 Å². The maximum atomic E-state index is 11.1. The zero-order valence-corrected chi connectivity index (χ0v) is 18.3. The van der Waals surface area contributed by atoms with Crippen LogP contribution in [-0.4, -0.2) is 49.6 Å². The fourth-order valence-corrected chi connectivity index (χ4v) is 2.83. The summed E-state index contributed by atoms with van der Waals surface area (Å²) in [4.78, 5) is 18.1. The Morgan fingerprint density at radius 2 is 2.08 bits per heavy atom. The van der Waals surface area contributed by atoms with Crippen molar-refractivity contribution in [2.24, 2.45) is 10.9 Å². The smallest absolute Gasteiger partial charge is 0.221 e. The maximum absolute atomic E-state index is 11.1. The summed E-state index contributed by atoms with van der Waals surface area (Å²) in [5, 5.41) is 6.12. The van der Waals surface area contributed by atoms with Gasteiger partial charge in [-0.3, -0.25) is 4.79 Å². The standard InChI is InChI=1S/C19H30N4O2.HI/c1-4-20-19(23-11-8-15(2)9-12-23)21-10-13-25-18-7-5-6-17(14-18)22-16(3)24;/h5-7,14-15H,4,8-13H2,1-3H3,(H,20,21)(H,22,24);1H. The van der Waals surface area contributed by atoms with Gasteiger partial charge in [0.15, 0.2) is 5.96 Å². The Morgan fingerprint density at radius 1 is 1.35 bits per heavy atom. The summed E-state index contributed by atoms with van der Waals surface area (Å²) in [7, 11) is 0. The van der Waals surface area contributed by atoms with Crippen molar-refractivity contribution in [1.82, 2.24) is 10.2 Å². The second kappa shape index (κ2) is 12.0. The van der Waals surface area contributed by atoms with Gasteiger partial charge >= 0.3 is 0 Å². The first kappa shape index (κ1) is 22.5. The minimum Gasteiger partial charge on any atom is -0.492 e. The molecule has 0 saturated carbocycles. The van der Waals surface area contributed by atoms with Crippen molar-refractivity contribution in [2.45, 2.75) is 33.6 Å². The Morgan fingerprint density at radius 3 is 2.73 bits per heavy atom. The topological polar surface area (TPSA) is 66.0 Å². The molecule has 1 amide bonds. The average Bonchev–Trinajstić information content (AvgIpc) is 2.58. The zero-order valence-electron chi connectivity index (χ0n) is 16.0. The Balaban J connectivity index is 0.00000338. The van der Waals surface area contributed by atoms with E-state index in [1.54, 1.807) is 0 Å². The third kappa shape index (κ3) is 7.80. The Bertz CT molecular complexity index is 587. The number of guanidine groups is 1. The molecule has 0 aromatic heterocycles. The van der Waals surface area contributed by atoms with Crippen molar-refractivity contribution in [3.8, 4) is 5.75 Å². The van der Waals surface area contributed by atoms with Gasteiger partial charge in [-0.1, -0.05) is 13.0 Å². The molecule has 0 aliphatic carbocycles. The molecule has 2 rings (SSSR count). The van der Waals surface area contributed by atoms with Gasteiger partial charge in [0.1, 0.15) is 12.4 Å². The predicted octanol–water partition coefficient (Wildman–Crippen LogP) is 3.34. The summed E-state index contributed by atoms with van der Waals surface area (Å²) in [6.45, 7) is 9.98. The molecule has 7 heteroatoms. The molecule has 1 aliphatic rings. The van der Waals surface area contributed by atoms with E-state index in [9.17, 15) is 4.79 Å². The van der Waals surface area contributed by atoms with Crippen molar-refractivity contribution in [2.75, 3.05) is 38.1 Å². The van der Waals surface area contributed by atoms with Gasteiger partial charge in [-0.15, -0.1) is 24.0 Å². The molecule has 26 heavy (non-hydrogen) atoms. The van der Waals surface area contributed by atoms with Gasteiger partial charge in [0.2, 0.25) is 5.91 Å². The molecule has 1 saturated heterocycles. The largest absolute Gasteiger partial charge is 0.492 e. The highest BCUT2D eigenvalue weighted by molar-refractivity contribution is 14.0. The van der Waals surface area contributed by atoms with Crippen LogP contribution in [0.5, 0.6) is 5.75 Å². The van der Waals surface area contributed by atoms with Gasteiger partial charge in [0.25, 0.3) is 0 Å². The van der Waals surface area contributed by atoms with E-state index in [-0.39, 0.29) is 29.9 Å². The molecule has 1 aromatic rings. The van der Waals surface area contributed by atoms with Crippen LogP contribution < -0.4 is 15.4 Å². The molecule has 1 fully saturated rings. The monoisotopic (exact) mass is 474 g/mol. The second-order valence-corrected chi connectivity index (χ2v) is 6.46. The molecule has 146 valence electrons. The number of halogens is 1. The molecule has 6 nitrogen and oxygen atoms in total. The highest BCUT2D eigenvalue weighted by atomic mass is 127. The van der Waals surface area contributed by atoms with Crippen LogP contribution in [0.3, 0.4) is 0 Å². The number of anilines is 1. The molecule has 0 atom stereocenters. The Hall–Kier alpha value is -1.51. The van der Waals surface area contributed by atoms with Crippen molar-refractivity contribution < 1.29 is 9.53 Å². The van der Waals surface area contributed by atoms with E-state index in [4.69, 9.17) is 4.74 Å². The van der Waals surface area contributed by atoms with Crippen LogP contribution in [-0.2, 0) is 4.79 Å². The van der Waals surface area contributed by atoms with Crippen LogP contribution in [0, 0.1) is 5.92 Å². The van der Waals surface area contributed by atoms with E-state index in [0.29, 0.717) is 13.2 Å². The zero-order chi connectivity index (χ0) is 18.1. The average molecular weight is 474 g/mol. The number of carbonyl (C=O) groups excluding carboxylic acids is 1. The lowest BCUT2D eigenvalue weighted by Gasteiger charge is -2.33. The molecule has 0 bridgehead atoms. The third-order valence-corrected chi connectivity index (χ3v) is 4.19. The lowest BCUT2D eigenvalue weighted by Crippen LogP contribution is -2.45. The highest BCUT2D eigenvalue weighted by Gasteiger charge is 2.18. The number of piperidine rings is 1. The second-order valence-electron chi connectivity index (χ2n) is 6.46. The predicted molar refractivity (Wildman–Crippen MR) is 118 cm³/mol. The molecule has 0 unspecified atom stereocenters. The molecule has 1 heterocycles. The summed E-state index contributed by atoms with van der Waals surface area (Å²) in [5.41, 5.74) is 0.740. The number of likely N-dealkylation sites (tertiary alicyclic amines) is 1. The lowest BCUT2D eigenvalue weighted by atomic mass is 10.00. The summed E-state index contributed by atoms with van der Waals surface area (Å²) < 4.78 is 5.76. The van der Waals surface area contributed by atoms with E-state index < -0.39 is 0 Å². The maximum Gasteiger partial charge on any atom is 0.221 e. The number of benzene rings is 1. The van der Waals surface area contributed by atoms with Gasteiger partial charge < -0.3 is 20.3 Å². The van der Waals surface area contributed by atoms with Gasteiger partial charge in [0, 0.05) is 38.3 Å². The van der Waals surface area contributed by atoms with Gasteiger partial charge in [0.05, 0.1) is 6.54 Å². The number of hydrogen-bond donors (Lipinski definition) is 2. The van der Waals surface area contributed by atoms with Crippen LogP contribution >= 0.6 is 24.0 Å². The minimum absolute atomic E-state index is 0. The number of amides is 1. The van der Waals surface area contributed by atoms with Crippen molar-refractivity contribution >= 4 is 41.5 Å². The minimum atomic E-state index is -0.0899. The molecule has 0 radical (unpaired) electrons. The van der Waals surface area contributed by atoms with Crippen LogP contribution in [0.4, 0.5) is 5.69 Å². The fraction of sp³-hybridized carbons (Fsp3) is 0.579. The molecule has 0 spiro atoms. The van der Waals surface area contributed by atoms with Gasteiger partial charge in [-0.05, 0) is 37.8 Å². The van der Waals surface area contributed by atoms with Crippen molar-refractivity contribution in [3.63, 3.8) is 0 Å². The van der Waals surface area contributed by atoms with Crippen molar-refractivity contribution in [1.29, 1.82) is 0 Å². The number of nitrogens with zero attached hydrogens (tertiary/aromatic N) is 2. The Kier molecular flexibility index (Phi) is 10.4. The first-order valence-corrected chi connectivity index (χ1v) is 9.12. The van der Waals surface area contributed by atoms with Gasteiger partial charge in [-0.2, -0.15) is 0 Å². The van der Waals surface area contributed by atoms with Crippen molar-refractivity contribution in [3.05, 3.63) is 24.3 Å². The summed E-state index contributed by atoms with van der Waals surface area (Å²) in [6, 6.07) is 7.41.